The van der Waals surface area contributed by atoms with Crippen molar-refractivity contribution in [2.24, 2.45) is 0 Å². The first-order valence-electron chi connectivity index (χ1n) is 7.15. The molecule has 0 aliphatic heterocycles. The molecule has 100 valence electrons. The van der Waals surface area contributed by atoms with Gasteiger partial charge in [0.15, 0.2) is 0 Å². The van der Waals surface area contributed by atoms with Crippen LogP contribution in [-0.2, 0) is 0 Å². The summed E-state index contributed by atoms with van der Waals surface area (Å²) in [5.74, 6) is -0.138. The van der Waals surface area contributed by atoms with E-state index in [4.69, 9.17) is 0 Å². The van der Waals surface area contributed by atoms with Gasteiger partial charge in [0, 0.05) is 5.39 Å². The molecule has 0 N–H and O–H groups in total. The summed E-state index contributed by atoms with van der Waals surface area (Å²) in [5.41, 5.74) is 0. The van der Waals surface area contributed by atoms with E-state index in [1.807, 2.05) is 32.0 Å². The molecule has 20 heavy (non-hydrogen) atoms. The molecule has 0 aromatic heterocycles. The Morgan fingerprint density at radius 1 is 0.800 bits per heavy atom. The highest BCUT2D eigenvalue weighted by Crippen LogP contribution is 2.23. The van der Waals surface area contributed by atoms with E-state index < -0.39 is 0 Å². The van der Waals surface area contributed by atoms with Crippen LogP contribution in [0.25, 0.3) is 33.7 Å². The van der Waals surface area contributed by atoms with Gasteiger partial charge in [0.05, 0.1) is 0 Å². The van der Waals surface area contributed by atoms with Crippen molar-refractivity contribution in [2.45, 2.75) is 20.3 Å². The van der Waals surface area contributed by atoms with E-state index in [1.54, 1.807) is 6.07 Å². The van der Waals surface area contributed by atoms with Gasteiger partial charge in [0.2, 0.25) is 0 Å². The van der Waals surface area contributed by atoms with E-state index in [0.29, 0.717) is 0 Å². The summed E-state index contributed by atoms with van der Waals surface area (Å²) in [7, 11) is 0. The molecule has 0 fully saturated rings. The molecule has 0 atom stereocenters. The van der Waals surface area contributed by atoms with Crippen LogP contribution in [0.1, 0.15) is 20.3 Å². The van der Waals surface area contributed by atoms with E-state index in [0.717, 1.165) is 22.4 Å². The summed E-state index contributed by atoms with van der Waals surface area (Å²) in [6, 6.07) is 13.6. The molecule has 1 heteroatoms. The predicted octanol–water partition coefficient (Wildman–Crippen LogP) is 4.12. The molecule has 0 radical (unpaired) electrons. The maximum absolute atomic E-state index is 14.0. The van der Waals surface area contributed by atoms with Gasteiger partial charge in [-0.2, -0.15) is 0 Å². The van der Waals surface area contributed by atoms with Crippen LogP contribution in [0.15, 0.2) is 42.5 Å². The Morgan fingerprint density at radius 3 is 2.35 bits per heavy atom. The van der Waals surface area contributed by atoms with Gasteiger partial charge in [-0.3, -0.25) is 0 Å². The largest absolute Gasteiger partial charge is 0.206 e. The van der Waals surface area contributed by atoms with Crippen LogP contribution >= 0.6 is 0 Å². The first-order valence-corrected chi connectivity index (χ1v) is 7.15. The molecule has 0 nitrogen and oxygen atoms in total. The van der Waals surface area contributed by atoms with Crippen LogP contribution in [0, 0.1) is 5.82 Å². The van der Waals surface area contributed by atoms with Gasteiger partial charge in [-0.15, -0.1) is 0 Å². The zero-order valence-electron chi connectivity index (χ0n) is 11.8. The summed E-state index contributed by atoms with van der Waals surface area (Å²) in [5, 5.41) is 6.48. The van der Waals surface area contributed by atoms with Gasteiger partial charge in [-0.1, -0.05) is 62.4 Å². The third-order valence-electron chi connectivity index (χ3n) is 3.71. The Labute approximate surface area is 117 Å². The highest BCUT2D eigenvalue weighted by molar-refractivity contribution is 6.08. The smallest absolute Gasteiger partial charge is 0.131 e. The molecule has 4 rings (SSSR count). The maximum atomic E-state index is 14.0. The Bertz CT molecular complexity index is 904. The van der Waals surface area contributed by atoms with Crippen LogP contribution in [0.4, 0.5) is 4.39 Å². The van der Waals surface area contributed by atoms with Crippen molar-refractivity contribution in [3.63, 3.8) is 0 Å². The standard InChI is InChI=1S/C17H11F.C2H6/c18-15-10-8-13-6-2-4-11-3-1-5-12-7-9-14(15)17(13)16(11)12;1-2/h1,3-10H,2H2;1-2H3. The van der Waals surface area contributed by atoms with Gasteiger partial charge < -0.3 is 0 Å². The Morgan fingerprint density at radius 2 is 1.55 bits per heavy atom. The molecule has 3 aromatic rings. The minimum atomic E-state index is -0.138. The van der Waals surface area contributed by atoms with Crippen molar-refractivity contribution in [1.82, 2.24) is 0 Å². The zero-order chi connectivity index (χ0) is 14.1. The molecule has 0 saturated heterocycles. The minimum Gasteiger partial charge on any atom is -0.206 e. The van der Waals surface area contributed by atoms with E-state index in [9.17, 15) is 4.39 Å². The molecule has 0 spiro atoms. The summed E-state index contributed by atoms with van der Waals surface area (Å²) < 4.78 is 14.0. The summed E-state index contributed by atoms with van der Waals surface area (Å²) in [6.07, 6.45) is 5.27. The molecular formula is C19H17F. The number of hydrogen-bond donors (Lipinski definition) is 0. The fourth-order valence-corrected chi connectivity index (χ4v) is 2.90. The molecule has 0 amide bonds. The van der Waals surface area contributed by atoms with Crippen molar-refractivity contribution >= 4 is 33.7 Å². The highest BCUT2D eigenvalue weighted by atomic mass is 19.1. The van der Waals surface area contributed by atoms with Crippen molar-refractivity contribution in [1.29, 1.82) is 0 Å². The lowest BCUT2D eigenvalue weighted by Crippen LogP contribution is -2.06. The SMILES string of the molecule is CC.Fc1ccc2c3c1ccc1cccc(c13)=CCC=2. The van der Waals surface area contributed by atoms with Gasteiger partial charge in [-0.05, 0) is 39.1 Å². The van der Waals surface area contributed by atoms with E-state index >= 15 is 0 Å². The van der Waals surface area contributed by atoms with Crippen LogP contribution in [0.5, 0.6) is 0 Å². The number of hydrogen-bond acceptors (Lipinski definition) is 0. The fraction of sp³-hybridized carbons (Fsp3) is 0.158. The second-order valence-electron chi connectivity index (χ2n) is 4.71. The van der Waals surface area contributed by atoms with E-state index in [-0.39, 0.29) is 5.82 Å². The normalized spacial score (nSPS) is 12.3. The van der Waals surface area contributed by atoms with E-state index in [2.05, 4.69) is 30.4 Å². The van der Waals surface area contributed by atoms with Crippen LogP contribution in [0.3, 0.4) is 0 Å². The predicted molar refractivity (Wildman–Crippen MR) is 85.6 cm³/mol. The van der Waals surface area contributed by atoms with Gasteiger partial charge >= 0.3 is 0 Å². The van der Waals surface area contributed by atoms with Crippen molar-refractivity contribution in [3.8, 4) is 0 Å². The lowest BCUT2D eigenvalue weighted by Gasteiger charge is -2.06. The Balaban J connectivity index is 0.000000581. The molecule has 0 saturated carbocycles. The Kier molecular flexibility index (Phi) is 3.27. The first kappa shape index (κ1) is 12.9. The second kappa shape index (κ2) is 5.09. The average Bonchev–Trinajstić information content (AvgIpc) is 2.69. The molecular weight excluding hydrogens is 247 g/mol. The second-order valence-corrected chi connectivity index (χ2v) is 4.71. The summed E-state index contributed by atoms with van der Waals surface area (Å²) in [6.45, 7) is 4.00. The summed E-state index contributed by atoms with van der Waals surface area (Å²) >= 11 is 0. The topological polar surface area (TPSA) is 0 Å². The van der Waals surface area contributed by atoms with Crippen LogP contribution < -0.4 is 10.4 Å². The molecule has 0 heterocycles. The van der Waals surface area contributed by atoms with Gasteiger partial charge in [-0.25, -0.2) is 4.39 Å². The summed E-state index contributed by atoms with van der Waals surface area (Å²) in [4.78, 5) is 0. The minimum absolute atomic E-state index is 0.138. The lowest BCUT2D eigenvalue weighted by molar-refractivity contribution is 0.640. The Hall–Kier alpha value is -2.15. The molecule has 0 bridgehead atoms. The fourth-order valence-electron chi connectivity index (χ4n) is 2.90. The van der Waals surface area contributed by atoms with Crippen molar-refractivity contribution in [2.75, 3.05) is 0 Å². The zero-order valence-corrected chi connectivity index (χ0v) is 11.8. The van der Waals surface area contributed by atoms with E-state index in [1.165, 1.54) is 16.0 Å². The molecule has 1 aliphatic rings. The lowest BCUT2D eigenvalue weighted by atomic mass is 9.99. The number of benzene rings is 3. The third-order valence-corrected chi connectivity index (χ3v) is 3.71. The quantitative estimate of drug-likeness (QED) is 0.536. The van der Waals surface area contributed by atoms with Crippen molar-refractivity contribution < 1.29 is 4.39 Å². The van der Waals surface area contributed by atoms with Gasteiger partial charge in [0.25, 0.3) is 0 Å². The third kappa shape index (κ3) is 1.82. The monoisotopic (exact) mass is 264 g/mol. The maximum Gasteiger partial charge on any atom is 0.131 e. The van der Waals surface area contributed by atoms with Gasteiger partial charge in [0.1, 0.15) is 5.82 Å². The number of halogens is 1. The first-order chi connectivity index (χ1) is 9.84. The van der Waals surface area contributed by atoms with Crippen LogP contribution in [-0.4, -0.2) is 0 Å². The molecule has 0 unspecified atom stereocenters. The number of rotatable bonds is 0. The average molecular weight is 264 g/mol. The van der Waals surface area contributed by atoms with Crippen molar-refractivity contribution in [3.05, 3.63) is 58.7 Å². The molecule has 1 aliphatic carbocycles. The molecule has 3 aromatic carbocycles. The highest BCUT2D eigenvalue weighted by Gasteiger charge is 2.08. The van der Waals surface area contributed by atoms with Crippen LogP contribution in [0.2, 0.25) is 0 Å².